The lowest BCUT2D eigenvalue weighted by atomic mass is 9.89. The standard InChI is InChI=1S/C14H21NO/c1-12-6-5-9-14(12,11-16)15-10-13-7-3-2-4-8-13/h2-4,7-8,12,15-16H,5-6,9-11H2,1H3. The van der Waals surface area contributed by atoms with Gasteiger partial charge in [-0.05, 0) is 24.3 Å². The van der Waals surface area contributed by atoms with Crippen molar-refractivity contribution in [1.82, 2.24) is 5.32 Å². The van der Waals surface area contributed by atoms with Gasteiger partial charge in [0.25, 0.3) is 0 Å². The maximum atomic E-state index is 9.60. The summed E-state index contributed by atoms with van der Waals surface area (Å²) in [5, 5.41) is 13.2. The van der Waals surface area contributed by atoms with Gasteiger partial charge in [-0.3, -0.25) is 0 Å². The molecule has 2 heteroatoms. The van der Waals surface area contributed by atoms with Gasteiger partial charge in [-0.15, -0.1) is 0 Å². The second kappa shape index (κ2) is 4.98. The molecule has 1 saturated carbocycles. The summed E-state index contributed by atoms with van der Waals surface area (Å²) in [6.07, 6.45) is 3.55. The van der Waals surface area contributed by atoms with E-state index in [-0.39, 0.29) is 12.1 Å². The molecule has 2 rings (SSSR count). The third-order valence-electron chi connectivity index (χ3n) is 3.97. The molecule has 0 bridgehead atoms. The Kier molecular flexibility index (Phi) is 3.62. The van der Waals surface area contributed by atoms with Crippen molar-refractivity contribution in [3.8, 4) is 0 Å². The normalized spacial score (nSPS) is 29.5. The summed E-state index contributed by atoms with van der Waals surface area (Å²) < 4.78 is 0. The van der Waals surface area contributed by atoms with Crippen LogP contribution in [0.3, 0.4) is 0 Å². The molecule has 0 heterocycles. The fourth-order valence-electron chi connectivity index (χ4n) is 2.67. The smallest absolute Gasteiger partial charge is 0.0616 e. The second-order valence-corrected chi connectivity index (χ2v) is 4.95. The zero-order valence-corrected chi connectivity index (χ0v) is 9.95. The minimum absolute atomic E-state index is 0.0458. The Morgan fingerprint density at radius 1 is 1.38 bits per heavy atom. The van der Waals surface area contributed by atoms with Crippen LogP contribution in [-0.2, 0) is 6.54 Å². The third-order valence-corrected chi connectivity index (χ3v) is 3.97. The number of aliphatic hydroxyl groups is 1. The molecule has 1 aromatic carbocycles. The minimum Gasteiger partial charge on any atom is -0.394 e. The predicted octanol–water partition coefficient (Wildman–Crippen LogP) is 2.33. The van der Waals surface area contributed by atoms with Gasteiger partial charge < -0.3 is 10.4 Å². The Morgan fingerprint density at radius 2 is 2.12 bits per heavy atom. The minimum atomic E-state index is -0.0458. The van der Waals surface area contributed by atoms with Gasteiger partial charge in [0.15, 0.2) is 0 Å². The van der Waals surface area contributed by atoms with Crippen molar-refractivity contribution in [2.75, 3.05) is 6.61 Å². The average molecular weight is 219 g/mol. The van der Waals surface area contributed by atoms with Gasteiger partial charge in [0.05, 0.1) is 6.61 Å². The fraction of sp³-hybridized carbons (Fsp3) is 0.571. The molecule has 1 aliphatic rings. The summed E-state index contributed by atoms with van der Waals surface area (Å²) in [5.41, 5.74) is 1.24. The Hall–Kier alpha value is -0.860. The molecule has 2 atom stereocenters. The average Bonchev–Trinajstić information content (AvgIpc) is 2.70. The van der Waals surface area contributed by atoms with Crippen molar-refractivity contribution in [2.45, 2.75) is 38.3 Å². The van der Waals surface area contributed by atoms with E-state index in [0.717, 1.165) is 13.0 Å². The van der Waals surface area contributed by atoms with E-state index in [4.69, 9.17) is 0 Å². The van der Waals surface area contributed by atoms with Crippen LogP contribution in [0.2, 0.25) is 0 Å². The SMILES string of the molecule is CC1CCCC1(CO)NCc1ccccc1. The summed E-state index contributed by atoms with van der Waals surface area (Å²) in [6.45, 7) is 3.34. The first-order valence-corrected chi connectivity index (χ1v) is 6.17. The Morgan fingerprint density at radius 3 is 2.69 bits per heavy atom. The molecule has 88 valence electrons. The monoisotopic (exact) mass is 219 g/mol. The molecule has 0 aliphatic heterocycles. The van der Waals surface area contributed by atoms with E-state index in [2.05, 4.69) is 36.5 Å². The molecule has 0 amide bonds. The van der Waals surface area contributed by atoms with Gasteiger partial charge >= 0.3 is 0 Å². The molecule has 0 saturated heterocycles. The van der Waals surface area contributed by atoms with Crippen molar-refractivity contribution in [3.05, 3.63) is 35.9 Å². The van der Waals surface area contributed by atoms with Crippen LogP contribution in [0, 0.1) is 5.92 Å². The van der Waals surface area contributed by atoms with Gasteiger partial charge in [-0.1, -0.05) is 43.7 Å². The highest BCUT2D eigenvalue weighted by molar-refractivity contribution is 5.15. The molecular weight excluding hydrogens is 198 g/mol. The number of rotatable bonds is 4. The van der Waals surface area contributed by atoms with Crippen molar-refractivity contribution < 1.29 is 5.11 Å². The van der Waals surface area contributed by atoms with Crippen LogP contribution in [0.15, 0.2) is 30.3 Å². The van der Waals surface area contributed by atoms with Gasteiger partial charge in [-0.2, -0.15) is 0 Å². The summed E-state index contributed by atoms with van der Waals surface area (Å²) in [7, 11) is 0. The maximum Gasteiger partial charge on any atom is 0.0616 e. The topological polar surface area (TPSA) is 32.3 Å². The van der Waals surface area contributed by atoms with Gasteiger partial charge in [0, 0.05) is 12.1 Å². The number of aliphatic hydroxyl groups excluding tert-OH is 1. The molecule has 1 aliphatic carbocycles. The fourth-order valence-corrected chi connectivity index (χ4v) is 2.67. The molecule has 0 radical (unpaired) electrons. The molecule has 1 fully saturated rings. The zero-order chi connectivity index (χ0) is 11.4. The van der Waals surface area contributed by atoms with Crippen molar-refractivity contribution in [3.63, 3.8) is 0 Å². The molecule has 1 aromatic rings. The van der Waals surface area contributed by atoms with E-state index >= 15 is 0 Å². The summed E-state index contributed by atoms with van der Waals surface area (Å²) in [5.74, 6) is 0.571. The molecular formula is C14H21NO. The van der Waals surface area contributed by atoms with E-state index in [0.29, 0.717) is 5.92 Å². The van der Waals surface area contributed by atoms with Crippen LogP contribution in [0.4, 0.5) is 0 Å². The number of hydrogen-bond acceptors (Lipinski definition) is 2. The third kappa shape index (κ3) is 2.28. The summed E-state index contributed by atoms with van der Waals surface area (Å²) >= 11 is 0. The highest BCUT2D eigenvalue weighted by Crippen LogP contribution is 2.35. The number of nitrogens with one attached hydrogen (secondary N) is 1. The lowest BCUT2D eigenvalue weighted by Gasteiger charge is -2.33. The Balaban J connectivity index is 1.98. The quantitative estimate of drug-likeness (QED) is 0.814. The van der Waals surface area contributed by atoms with Crippen molar-refractivity contribution >= 4 is 0 Å². The maximum absolute atomic E-state index is 9.60. The lowest BCUT2D eigenvalue weighted by Crippen LogP contribution is -2.50. The molecule has 0 aromatic heterocycles. The van der Waals surface area contributed by atoms with Gasteiger partial charge in [-0.25, -0.2) is 0 Å². The van der Waals surface area contributed by atoms with E-state index in [9.17, 15) is 5.11 Å². The van der Waals surface area contributed by atoms with Crippen LogP contribution in [-0.4, -0.2) is 17.3 Å². The number of hydrogen-bond donors (Lipinski definition) is 2. The van der Waals surface area contributed by atoms with E-state index < -0.39 is 0 Å². The molecule has 2 N–H and O–H groups in total. The van der Waals surface area contributed by atoms with Crippen LogP contribution in [0.25, 0.3) is 0 Å². The highest BCUT2D eigenvalue weighted by Gasteiger charge is 2.38. The summed E-state index contributed by atoms with van der Waals surface area (Å²) in [4.78, 5) is 0. The van der Waals surface area contributed by atoms with Crippen LogP contribution >= 0.6 is 0 Å². The van der Waals surface area contributed by atoms with Crippen molar-refractivity contribution in [2.24, 2.45) is 5.92 Å². The first-order valence-electron chi connectivity index (χ1n) is 6.17. The molecule has 2 unspecified atom stereocenters. The second-order valence-electron chi connectivity index (χ2n) is 4.95. The zero-order valence-electron chi connectivity index (χ0n) is 9.95. The first-order chi connectivity index (χ1) is 7.77. The van der Waals surface area contributed by atoms with Gasteiger partial charge in [0.1, 0.15) is 0 Å². The largest absolute Gasteiger partial charge is 0.394 e. The Labute approximate surface area is 97.7 Å². The van der Waals surface area contributed by atoms with Crippen molar-refractivity contribution in [1.29, 1.82) is 0 Å². The van der Waals surface area contributed by atoms with E-state index in [1.165, 1.54) is 18.4 Å². The number of benzene rings is 1. The first kappa shape index (κ1) is 11.6. The van der Waals surface area contributed by atoms with Crippen LogP contribution < -0.4 is 5.32 Å². The molecule has 2 nitrogen and oxygen atoms in total. The molecule has 0 spiro atoms. The van der Waals surface area contributed by atoms with Crippen LogP contribution in [0.5, 0.6) is 0 Å². The van der Waals surface area contributed by atoms with E-state index in [1.807, 2.05) is 6.07 Å². The Bertz CT molecular complexity index is 325. The predicted molar refractivity (Wildman–Crippen MR) is 66.1 cm³/mol. The lowest BCUT2D eigenvalue weighted by molar-refractivity contribution is 0.129. The van der Waals surface area contributed by atoms with Gasteiger partial charge in [0.2, 0.25) is 0 Å². The highest BCUT2D eigenvalue weighted by atomic mass is 16.3. The van der Waals surface area contributed by atoms with E-state index in [1.54, 1.807) is 0 Å². The summed E-state index contributed by atoms with van der Waals surface area (Å²) in [6, 6.07) is 10.4. The molecule has 16 heavy (non-hydrogen) atoms. The van der Waals surface area contributed by atoms with Crippen LogP contribution in [0.1, 0.15) is 31.7 Å².